The lowest BCUT2D eigenvalue weighted by Gasteiger charge is -2.30. The first-order chi connectivity index (χ1) is 15.3. The molecule has 170 valence electrons. The molecule has 0 unspecified atom stereocenters. The van der Waals surface area contributed by atoms with Crippen LogP contribution in [0.15, 0.2) is 64.3 Å². The SMILES string of the molecule is CCOC1=C(/C(C)=N/OCC(=O)Nc2cccc(OC)c2)N(C)S(=O)(=O)c2ccccc21. The van der Waals surface area contributed by atoms with Crippen molar-refractivity contribution in [2.45, 2.75) is 18.7 Å². The summed E-state index contributed by atoms with van der Waals surface area (Å²) in [5, 5.41) is 6.65. The van der Waals surface area contributed by atoms with Gasteiger partial charge in [-0.3, -0.25) is 9.10 Å². The minimum Gasteiger partial charge on any atom is -0.497 e. The van der Waals surface area contributed by atoms with Gasteiger partial charge in [0.15, 0.2) is 12.4 Å². The smallest absolute Gasteiger partial charge is 0.265 e. The Morgan fingerprint density at radius 1 is 1.16 bits per heavy atom. The summed E-state index contributed by atoms with van der Waals surface area (Å²) < 4.78 is 38.0. The van der Waals surface area contributed by atoms with Crippen LogP contribution in [0.25, 0.3) is 5.76 Å². The molecule has 2 aromatic carbocycles. The number of hydrogen-bond acceptors (Lipinski definition) is 7. The Morgan fingerprint density at radius 2 is 1.91 bits per heavy atom. The zero-order valence-electron chi connectivity index (χ0n) is 18.3. The number of nitrogens with one attached hydrogen (secondary N) is 1. The Kier molecular flexibility index (Phi) is 7.04. The van der Waals surface area contributed by atoms with Gasteiger partial charge in [-0.15, -0.1) is 0 Å². The molecule has 0 aliphatic carbocycles. The van der Waals surface area contributed by atoms with Gasteiger partial charge in [0, 0.05) is 24.4 Å². The van der Waals surface area contributed by atoms with Crippen LogP contribution < -0.4 is 10.1 Å². The summed E-state index contributed by atoms with van der Waals surface area (Å²) in [5.41, 5.74) is 1.50. The topological polar surface area (TPSA) is 107 Å². The van der Waals surface area contributed by atoms with Crippen LogP contribution in [-0.2, 0) is 24.4 Å². The third-order valence-corrected chi connectivity index (χ3v) is 6.50. The number of fused-ring (bicyclic) bond motifs is 1. The average molecular weight is 460 g/mol. The van der Waals surface area contributed by atoms with E-state index in [1.807, 2.05) is 6.92 Å². The molecule has 10 heteroatoms. The fourth-order valence-electron chi connectivity index (χ4n) is 3.23. The van der Waals surface area contributed by atoms with Crippen molar-refractivity contribution in [3.05, 3.63) is 59.8 Å². The van der Waals surface area contributed by atoms with Crippen molar-refractivity contribution < 1.29 is 27.5 Å². The first-order valence-corrected chi connectivity index (χ1v) is 11.3. The number of allylic oxidation sites excluding steroid dienone is 1. The summed E-state index contributed by atoms with van der Waals surface area (Å²) in [6.45, 7) is 3.37. The van der Waals surface area contributed by atoms with Crippen LogP contribution in [0.1, 0.15) is 19.4 Å². The van der Waals surface area contributed by atoms with Crippen LogP contribution in [0.2, 0.25) is 0 Å². The number of ether oxygens (including phenoxy) is 2. The largest absolute Gasteiger partial charge is 0.497 e. The Labute approximate surface area is 187 Å². The molecule has 0 atom stereocenters. The van der Waals surface area contributed by atoms with Crippen molar-refractivity contribution in [3.63, 3.8) is 0 Å². The van der Waals surface area contributed by atoms with Crippen molar-refractivity contribution in [2.24, 2.45) is 5.16 Å². The molecule has 0 aromatic heterocycles. The van der Waals surface area contributed by atoms with Gasteiger partial charge in [0.1, 0.15) is 17.2 Å². The number of oxime groups is 1. The molecule has 2 aromatic rings. The Morgan fingerprint density at radius 3 is 2.62 bits per heavy atom. The number of benzene rings is 2. The van der Waals surface area contributed by atoms with E-state index in [0.29, 0.717) is 29.4 Å². The van der Waals surface area contributed by atoms with Crippen LogP contribution in [0.4, 0.5) is 5.69 Å². The highest BCUT2D eigenvalue weighted by Crippen LogP contribution is 2.36. The van der Waals surface area contributed by atoms with E-state index in [1.54, 1.807) is 49.4 Å². The standard InChI is InChI=1S/C22H25N3O6S/c1-5-30-22-18-11-6-7-12-19(18)32(27,28)25(3)21(22)15(2)24-31-14-20(26)23-16-9-8-10-17(13-16)29-4/h6-13H,5,14H2,1-4H3,(H,23,26)/b24-15+. The number of carbonyl (C=O) groups excluding carboxylic acids is 1. The van der Waals surface area contributed by atoms with Crippen LogP contribution in [0, 0.1) is 0 Å². The molecule has 0 radical (unpaired) electrons. The van der Waals surface area contributed by atoms with Gasteiger partial charge in [0.25, 0.3) is 15.9 Å². The number of sulfonamides is 1. The van der Waals surface area contributed by atoms with Crippen LogP contribution >= 0.6 is 0 Å². The summed E-state index contributed by atoms with van der Waals surface area (Å²) in [6.07, 6.45) is 0. The molecular weight excluding hydrogens is 434 g/mol. The lowest BCUT2D eigenvalue weighted by Crippen LogP contribution is -2.35. The van der Waals surface area contributed by atoms with E-state index in [9.17, 15) is 13.2 Å². The fourth-order valence-corrected chi connectivity index (χ4v) is 4.67. The minimum atomic E-state index is -3.79. The molecule has 3 rings (SSSR count). The van der Waals surface area contributed by atoms with Gasteiger partial charge in [-0.1, -0.05) is 23.4 Å². The number of hydrogen-bond donors (Lipinski definition) is 1. The molecule has 1 aliphatic heterocycles. The van der Waals surface area contributed by atoms with Crippen molar-refractivity contribution in [3.8, 4) is 5.75 Å². The van der Waals surface area contributed by atoms with Crippen LogP contribution in [0.5, 0.6) is 5.75 Å². The minimum absolute atomic E-state index is 0.154. The highest BCUT2D eigenvalue weighted by atomic mass is 32.2. The monoisotopic (exact) mass is 459 g/mol. The highest BCUT2D eigenvalue weighted by Gasteiger charge is 2.36. The third-order valence-electron chi connectivity index (χ3n) is 4.68. The molecule has 1 aliphatic rings. The maximum Gasteiger partial charge on any atom is 0.265 e. The van der Waals surface area contributed by atoms with Gasteiger partial charge in [-0.05, 0) is 38.1 Å². The maximum atomic E-state index is 13.0. The van der Waals surface area contributed by atoms with E-state index in [2.05, 4.69) is 10.5 Å². The van der Waals surface area contributed by atoms with E-state index in [1.165, 1.54) is 20.2 Å². The first-order valence-electron chi connectivity index (χ1n) is 9.85. The molecule has 0 spiro atoms. The second-order valence-corrected chi connectivity index (χ2v) is 8.75. The number of nitrogens with zero attached hydrogens (tertiary/aromatic N) is 2. The maximum absolute atomic E-state index is 13.0. The average Bonchev–Trinajstić information content (AvgIpc) is 2.78. The quantitative estimate of drug-likeness (QED) is 0.480. The number of carbonyl (C=O) groups is 1. The number of methoxy groups -OCH3 is 1. The second-order valence-electron chi connectivity index (χ2n) is 6.81. The predicted molar refractivity (Wildman–Crippen MR) is 121 cm³/mol. The van der Waals surface area contributed by atoms with Crippen molar-refractivity contribution in [1.82, 2.24) is 4.31 Å². The number of anilines is 1. The highest BCUT2D eigenvalue weighted by molar-refractivity contribution is 7.89. The molecule has 0 saturated heterocycles. The van der Waals surface area contributed by atoms with E-state index in [-0.39, 0.29) is 22.9 Å². The zero-order valence-corrected chi connectivity index (χ0v) is 19.1. The lowest BCUT2D eigenvalue weighted by atomic mass is 10.1. The first kappa shape index (κ1) is 23.1. The number of rotatable bonds is 8. The summed E-state index contributed by atoms with van der Waals surface area (Å²) >= 11 is 0. The molecule has 1 amide bonds. The molecular formula is C22H25N3O6S. The van der Waals surface area contributed by atoms with Crippen LogP contribution in [-0.4, -0.2) is 51.7 Å². The van der Waals surface area contributed by atoms with Gasteiger partial charge in [0.2, 0.25) is 0 Å². The van der Waals surface area contributed by atoms with E-state index < -0.39 is 15.9 Å². The van der Waals surface area contributed by atoms with Crippen molar-refractivity contribution >= 4 is 33.1 Å². The normalized spacial score (nSPS) is 15.1. The molecule has 1 N–H and O–H groups in total. The van der Waals surface area contributed by atoms with Crippen molar-refractivity contribution in [2.75, 3.05) is 32.7 Å². The summed E-state index contributed by atoms with van der Waals surface area (Å²) in [5.74, 6) is 0.560. The third kappa shape index (κ3) is 4.70. The second kappa shape index (κ2) is 9.73. The summed E-state index contributed by atoms with van der Waals surface area (Å²) in [7, 11) is -0.827. The van der Waals surface area contributed by atoms with Crippen molar-refractivity contribution in [1.29, 1.82) is 0 Å². The fraction of sp³-hybridized carbons (Fsp3) is 0.273. The molecule has 0 bridgehead atoms. The van der Waals surface area contributed by atoms with E-state index in [4.69, 9.17) is 14.3 Å². The Bertz CT molecular complexity index is 1170. The number of amides is 1. The van der Waals surface area contributed by atoms with Gasteiger partial charge in [-0.2, -0.15) is 0 Å². The van der Waals surface area contributed by atoms with E-state index in [0.717, 1.165) is 4.31 Å². The molecule has 1 heterocycles. The molecule has 9 nitrogen and oxygen atoms in total. The van der Waals surface area contributed by atoms with Gasteiger partial charge < -0.3 is 19.6 Å². The molecule has 32 heavy (non-hydrogen) atoms. The summed E-state index contributed by atoms with van der Waals surface area (Å²) in [6, 6.07) is 13.5. The van der Waals surface area contributed by atoms with Gasteiger partial charge >= 0.3 is 0 Å². The Hall–Kier alpha value is -3.53. The summed E-state index contributed by atoms with van der Waals surface area (Å²) in [4.78, 5) is 17.5. The molecule has 0 fully saturated rings. The predicted octanol–water partition coefficient (Wildman–Crippen LogP) is 3.07. The Balaban J connectivity index is 1.81. The zero-order chi connectivity index (χ0) is 23.3. The van der Waals surface area contributed by atoms with Gasteiger partial charge in [-0.25, -0.2) is 8.42 Å². The van der Waals surface area contributed by atoms with Gasteiger partial charge in [0.05, 0.1) is 18.6 Å². The molecule has 0 saturated carbocycles. The lowest BCUT2D eigenvalue weighted by molar-refractivity contribution is -0.120. The van der Waals surface area contributed by atoms with E-state index >= 15 is 0 Å². The van der Waals surface area contributed by atoms with Crippen LogP contribution in [0.3, 0.4) is 0 Å².